The fraction of sp³-hybridized carbons (Fsp3) is 0.400. The van der Waals surface area contributed by atoms with E-state index in [1.807, 2.05) is 5.51 Å². The smallest absolute Gasteiger partial charge is 0.0801 e. The average molecular weight is 243 g/mol. The van der Waals surface area contributed by atoms with Crippen LogP contribution in [0.3, 0.4) is 0 Å². The third kappa shape index (κ3) is 2.14. The summed E-state index contributed by atoms with van der Waals surface area (Å²) in [7, 11) is 0. The van der Waals surface area contributed by atoms with E-state index in [4.69, 9.17) is 0 Å². The van der Waals surface area contributed by atoms with E-state index >= 15 is 0 Å². The van der Waals surface area contributed by atoms with Gasteiger partial charge in [-0.05, 0) is 49.3 Å². The van der Waals surface area contributed by atoms with Crippen LogP contribution in [0.4, 0.5) is 0 Å². The second kappa shape index (κ2) is 4.61. The molecular weight excluding hydrogens is 226 g/mol. The highest BCUT2D eigenvalue weighted by Crippen LogP contribution is 2.30. The molecule has 3 rings (SSSR count). The molecule has 88 valence electrons. The van der Waals surface area contributed by atoms with E-state index in [1.165, 1.54) is 42.5 Å². The van der Waals surface area contributed by atoms with Crippen LogP contribution in [0.2, 0.25) is 0 Å². The number of aromatic nitrogens is 1. The molecule has 0 amide bonds. The summed E-state index contributed by atoms with van der Waals surface area (Å²) in [5.74, 6) is 0. The summed E-state index contributed by atoms with van der Waals surface area (Å²) in [5, 5.41) is 0. The van der Waals surface area contributed by atoms with Gasteiger partial charge in [-0.2, -0.15) is 0 Å². The zero-order chi connectivity index (χ0) is 11.7. The molecule has 0 unspecified atom stereocenters. The lowest BCUT2D eigenvalue weighted by Crippen LogP contribution is -1.91. The maximum absolute atomic E-state index is 4.34. The molecule has 1 aliphatic rings. The highest BCUT2D eigenvalue weighted by Gasteiger charge is 2.11. The van der Waals surface area contributed by atoms with E-state index in [9.17, 15) is 0 Å². The zero-order valence-electron chi connectivity index (χ0n) is 10.2. The number of nitrogens with zero attached hydrogens (tertiary/aromatic N) is 1. The first-order valence-electron chi connectivity index (χ1n) is 6.37. The molecule has 2 heteroatoms. The molecule has 0 radical (unpaired) electrons. The van der Waals surface area contributed by atoms with Gasteiger partial charge in [0.05, 0.1) is 16.1 Å². The van der Waals surface area contributed by atoms with Crippen molar-refractivity contribution in [2.45, 2.75) is 39.0 Å². The van der Waals surface area contributed by atoms with Crippen molar-refractivity contribution in [1.82, 2.24) is 4.98 Å². The fourth-order valence-electron chi connectivity index (χ4n) is 2.63. The van der Waals surface area contributed by atoms with Crippen molar-refractivity contribution >= 4 is 11.3 Å². The molecular formula is C15H17NS. The fourth-order valence-corrected chi connectivity index (χ4v) is 3.43. The SMILES string of the molecule is Cc1ncsc1-c1ccc2c(c1)CCCCC2. The van der Waals surface area contributed by atoms with Crippen molar-refractivity contribution in [2.75, 3.05) is 0 Å². The topological polar surface area (TPSA) is 12.9 Å². The Bertz CT molecular complexity index is 527. The van der Waals surface area contributed by atoms with Crippen molar-refractivity contribution in [2.24, 2.45) is 0 Å². The summed E-state index contributed by atoms with van der Waals surface area (Å²) in [6.45, 7) is 2.09. The number of aryl methyl sites for hydroxylation is 3. The molecule has 1 aliphatic carbocycles. The molecule has 1 aromatic heterocycles. The number of fused-ring (bicyclic) bond motifs is 1. The van der Waals surface area contributed by atoms with Gasteiger partial charge in [-0.15, -0.1) is 11.3 Å². The molecule has 0 bridgehead atoms. The summed E-state index contributed by atoms with van der Waals surface area (Å²) in [6.07, 6.45) is 6.59. The number of rotatable bonds is 1. The molecule has 0 saturated heterocycles. The van der Waals surface area contributed by atoms with Crippen molar-refractivity contribution in [3.63, 3.8) is 0 Å². The second-order valence-electron chi connectivity index (χ2n) is 4.81. The highest BCUT2D eigenvalue weighted by atomic mass is 32.1. The van der Waals surface area contributed by atoms with Crippen LogP contribution >= 0.6 is 11.3 Å². The van der Waals surface area contributed by atoms with Gasteiger partial charge in [-0.1, -0.05) is 24.6 Å². The molecule has 1 heterocycles. The molecule has 0 spiro atoms. The first kappa shape index (κ1) is 11.0. The lowest BCUT2D eigenvalue weighted by molar-refractivity contribution is 0.711. The molecule has 0 fully saturated rings. The van der Waals surface area contributed by atoms with Crippen molar-refractivity contribution in [3.8, 4) is 10.4 Å². The van der Waals surface area contributed by atoms with Crippen LogP contribution in [-0.2, 0) is 12.8 Å². The Labute approximate surface area is 107 Å². The first-order chi connectivity index (χ1) is 8.34. The summed E-state index contributed by atoms with van der Waals surface area (Å²) < 4.78 is 0. The van der Waals surface area contributed by atoms with Gasteiger partial charge >= 0.3 is 0 Å². The van der Waals surface area contributed by atoms with E-state index in [-0.39, 0.29) is 0 Å². The Kier molecular flexibility index (Phi) is 2.98. The van der Waals surface area contributed by atoms with Crippen LogP contribution in [0.5, 0.6) is 0 Å². The average Bonchev–Trinajstić information content (AvgIpc) is 2.64. The van der Waals surface area contributed by atoms with Crippen LogP contribution < -0.4 is 0 Å². The number of hydrogen-bond donors (Lipinski definition) is 0. The Balaban J connectivity index is 2.03. The van der Waals surface area contributed by atoms with Crippen molar-refractivity contribution in [1.29, 1.82) is 0 Å². The van der Waals surface area contributed by atoms with E-state index in [0.717, 1.165) is 5.69 Å². The molecule has 0 N–H and O–H groups in total. The molecule has 1 aromatic carbocycles. The van der Waals surface area contributed by atoms with E-state index in [0.29, 0.717) is 0 Å². The third-order valence-electron chi connectivity index (χ3n) is 3.61. The predicted octanol–water partition coefficient (Wildman–Crippen LogP) is 4.39. The Hall–Kier alpha value is -1.15. The van der Waals surface area contributed by atoms with E-state index < -0.39 is 0 Å². The lowest BCUT2D eigenvalue weighted by Gasteiger charge is -2.08. The molecule has 17 heavy (non-hydrogen) atoms. The minimum atomic E-state index is 1.16. The van der Waals surface area contributed by atoms with Crippen LogP contribution in [-0.4, -0.2) is 4.98 Å². The Morgan fingerprint density at radius 3 is 2.65 bits per heavy atom. The first-order valence-corrected chi connectivity index (χ1v) is 7.25. The summed E-state index contributed by atoms with van der Waals surface area (Å²) in [6, 6.07) is 6.99. The molecule has 1 nitrogen and oxygen atoms in total. The minimum absolute atomic E-state index is 1.16. The highest BCUT2D eigenvalue weighted by molar-refractivity contribution is 7.13. The Morgan fingerprint density at radius 1 is 1.06 bits per heavy atom. The quantitative estimate of drug-likeness (QED) is 0.677. The number of hydrogen-bond acceptors (Lipinski definition) is 2. The summed E-state index contributed by atoms with van der Waals surface area (Å²) in [5.41, 5.74) is 7.58. The van der Waals surface area contributed by atoms with E-state index in [2.05, 4.69) is 30.1 Å². The van der Waals surface area contributed by atoms with Gasteiger partial charge < -0.3 is 0 Å². The summed E-state index contributed by atoms with van der Waals surface area (Å²) >= 11 is 1.75. The van der Waals surface area contributed by atoms with Gasteiger partial charge in [-0.25, -0.2) is 4.98 Å². The van der Waals surface area contributed by atoms with Crippen molar-refractivity contribution in [3.05, 3.63) is 40.5 Å². The molecule has 2 aromatic rings. The molecule has 0 saturated carbocycles. The van der Waals surface area contributed by atoms with Crippen LogP contribution in [0.25, 0.3) is 10.4 Å². The normalized spacial score (nSPS) is 15.4. The van der Waals surface area contributed by atoms with Gasteiger partial charge in [0.25, 0.3) is 0 Å². The van der Waals surface area contributed by atoms with Gasteiger partial charge in [-0.3, -0.25) is 0 Å². The van der Waals surface area contributed by atoms with Gasteiger partial charge in [0, 0.05) is 0 Å². The third-order valence-corrected chi connectivity index (χ3v) is 4.58. The van der Waals surface area contributed by atoms with Gasteiger partial charge in [0.15, 0.2) is 0 Å². The monoisotopic (exact) mass is 243 g/mol. The van der Waals surface area contributed by atoms with E-state index in [1.54, 1.807) is 22.5 Å². The van der Waals surface area contributed by atoms with Crippen LogP contribution in [0.1, 0.15) is 36.1 Å². The minimum Gasteiger partial charge on any atom is -0.249 e. The lowest BCUT2D eigenvalue weighted by atomic mass is 9.99. The van der Waals surface area contributed by atoms with Crippen LogP contribution in [0, 0.1) is 6.92 Å². The largest absolute Gasteiger partial charge is 0.249 e. The molecule has 0 atom stereocenters. The van der Waals surface area contributed by atoms with Gasteiger partial charge in [0.2, 0.25) is 0 Å². The maximum Gasteiger partial charge on any atom is 0.0801 e. The maximum atomic E-state index is 4.34. The zero-order valence-corrected chi connectivity index (χ0v) is 11.0. The predicted molar refractivity (Wildman–Crippen MR) is 73.5 cm³/mol. The molecule has 0 aliphatic heterocycles. The van der Waals surface area contributed by atoms with Crippen LogP contribution in [0.15, 0.2) is 23.7 Å². The van der Waals surface area contributed by atoms with Crippen molar-refractivity contribution < 1.29 is 0 Å². The number of benzene rings is 1. The number of thiazole rings is 1. The Morgan fingerprint density at radius 2 is 1.88 bits per heavy atom. The standard InChI is InChI=1S/C15H17NS/c1-11-15(17-10-16-11)14-8-7-12-5-3-2-4-6-13(12)9-14/h7-10H,2-6H2,1H3. The second-order valence-corrected chi connectivity index (χ2v) is 5.67. The van der Waals surface area contributed by atoms with Gasteiger partial charge in [0.1, 0.15) is 0 Å². The summed E-state index contributed by atoms with van der Waals surface area (Å²) in [4.78, 5) is 5.67.